The van der Waals surface area contributed by atoms with Gasteiger partial charge in [-0.2, -0.15) is 0 Å². The van der Waals surface area contributed by atoms with E-state index in [0.29, 0.717) is 64.3 Å². The maximum absolute atomic E-state index is 14.7. The van der Waals surface area contributed by atoms with Gasteiger partial charge in [0.2, 0.25) is 0 Å². The Morgan fingerprint density at radius 1 is 0.945 bits per heavy atom. The Morgan fingerprint density at radius 2 is 1.62 bits per heavy atom. The quantitative estimate of drug-likeness (QED) is 0.216. The molecule has 312 valence electrons. The Hall–Kier alpha value is -2.41. The molecule has 14 atom stereocenters. The Balaban J connectivity index is 1.78. The van der Waals surface area contributed by atoms with Crippen LogP contribution in [0.1, 0.15) is 112 Å². The van der Waals surface area contributed by atoms with Crippen LogP contribution in [0, 0.1) is 35.5 Å². The predicted octanol–water partition coefficient (Wildman–Crippen LogP) is 5.73. The Morgan fingerprint density at radius 3 is 2.27 bits per heavy atom. The van der Waals surface area contributed by atoms with Gasteiger partial charge in [-0.1, -0.05) is 44.6 Å². The molecule has 4 aliphatic rings. The highest BCUT2D eigenvalue weighted by Crippen LogP contribution is 2.44. The smallest absolute Gasteiger partial charge is 0.329 e. The highest BCUT2D eigenvalue weighted by molar-refractivity contribution is 5.90. The lowest BCUT2D eigenvalue weighted by molar-refractivity contribution is -0.186. The van der Waals surface area contributed by atoms with Crippen molar-refractivity contribution in [2.24, 2.45) is 35.5 Å². The van der Waals surface area contributed by atoms with E-state index in [1.54, 1.807) is 34.3 Å². The molecule has 2 bridgehead atoms. The number of esters is 1. The number of ketones is 1. The van der Waals surface area contributed by atoms with Gasteiger partial charge in [-0.05, 0) is 108 Å². The lowest BCUT2D eigenvalue weighted by atomic mass is 9.66. The molecule has 2 saturated carbocycles. The molecule has 1 saturated heterocycles. The molecule has 3 fully saturated rings. The van der Waals surface area contributed by atoms with E-state index in [1.165, 1.54) is 4.90 Å². The maximum Gasteiger partial charge on any atom is 0.329 e. The van der Waals surface area contributed by atoms with Crippen molar-refractivity contribution in [3.63, 3.8) is 0 Å². The zero-order valence-corrected chi connectivity index (χ0v) is 34.8. The van der Waals surface area contributed by atoms with E-state index in [9.17, 15) is 29.7 Å². The molecule has 0 radical (unpaired) electrons. The number of allylic oxidation sites excluding steroid dienone is 4. The van der Waals surface area contributed by atoms with Gasteiger partial charge < -0.3 is 39.2 Å². The summed E-state index contributed by atoms with van der Waals surface area (Å²) in [5.74, 6) is -2.83. The van der Waals surface area contributed by atoms with Gasteiger partial charge in [0.25, 0.3) is 5.91 Å². The van der Waals surface area contributed by atoms with Crippen LogP contribution >= 0.6 is 0 Å². The van der Waals surface area contributed by atoms with Crippen molar-refractivity contribution in [3.8, 4) is 0 Å². The number of carbonyl (C=O) groups excluding carboxylic acids is 3. The first kappa shape index (κ1) is 45.3. The highest BCUT2D eigenvalue weighted by Gasteiger charge is 2.55. The van der Waals surface area contributed by atoms with Crippen LogP contribution in [0.25, 0.3) is 0 Å². The lowest BCUT2D eigenvalue weighted by Gasteiger charge is -2.49. The van der Waals surface area contributed by atoms with Crippen LogP contribution in [-0.2, 0) is 33.3 Å². The van der Waals surface area contributed by atoms with Crippen LogP contribution in [0.4, 0.5) is 0 Å². The number of methoxy groups -OCH3 is 3. The molecule has 0 aromatic rings. The molecule has 0 spiro atoms. The number of aliphatic hydroxyl groups excluding tert-OH is 2. The second kappa shape index (κ2) is 20.3. The predicted molar refractivity (Wildman–Crippen MR) is 211 cm³/mol. The summed E-state index contributed by atoms with van der Waals surface area (Å²) in [5.41, 5.74) is 0.0259. The molecular formula is C44H71NO10. The minimum atomic E-state index is -1.74. The van der Waals surface area contributed by atoms with E-state index in [0.717, 1.165) is 17.6 Å². The van der Waals surface area contributed by atoms with Crippen LogP contribution in [0.3, 0.4) is 0 Å². The molecular weight excluding hydrogens is 702 g/mol. The van der Waals surface area contributed by atoms with Gasteiger partial charge in [-0.3, -0.25) is 9.59 Å². The van der Waals surface area contributed by atoms with Crippen molar-refractivity contribution in [2.75, 3.05) is 27.9 Å². The van der Waals surface area contributed by atoms with Crippen molar-refractivity contribution in [1.82, 2.24) is 4.90 Å². The molecule has 11 heteroatoms. The SMILES string of the molecule is C=CC[C@@H]1/C=C(\C)C[C@H](C)C[C@H](OC)[C@H]2C[C@@](O)(C(=O)N3CCCC[C@H]3C(=O)O[C@H](/C(C)=C/[C@@H]3CC[C@@H](O)[C@H](OC)C3)[C@H](C)[C@@H](O)CC1=O)[C@H](C)C[C@@H]2OC. The lowest BCUT2D eigenvalue weighted by Crippen LogP contribution is -2.63. The third kappa shape index (κ3) is 11.0. The number of carbonyl (C=O) groups is 3. The first-order valence-electron chi connectivity index (χ1n) is 20.8. The number of aliphatic hydroxyl groups is 3. The number of hydrogen-bond acceptors (Lipinski definition) is 10. The third-order valence-corrected chi connectivity index (χ3v) is 13.3. The van der Waals surface area contributed by atoms with Crippen LogP contribution in [0.2, 0.25) is 0 Å². The van der Waals surface area contributed by atoms with Gasteiger partial charge >= 0.3 is 5.97 Å². The van der Waals surface area contributed by atoms with Gasteiger partial charge in [0, 0.05) is 52.0 Å². The van der Waals surface area contributed by atoms with Gasteiger partial charge in [0.05, 0.1) is 30.5 Å². The van der Waals surface area contributed by atoms with Crippen LogP contribution in [-0.4, -0.2) is 114 Å². The van der Waals surface area contributed by atoms with Gasteiger partial charge in [0.15, 0.2) is 0 Å². The largest absolute Gasteiger partial charge is 0.456 e. The van der Waals surface area contributed by atoms with Gasteiger partial charge in [-0.25, -0.2) is 4.79 Å². The van der Waals surface area contributed by atoms with E-state index in [4.69, 9.17) is 18.9 Å². The average molecular weight is 774 g/mol. The second-order valence-electron chi connectivity index (χ2n) is 17.5. The van der Waals surface area contributed by atoms with E-state index < -0.39 is 59.6 Å². The Kier molecular flexibility index (Phi) is 16.7. The number of fused-ring (bicyclic) bond motifs is 3. The van der Waals surface area contributed by atoms with E-state index in [1.807, 2.05) is 32.9 Å². The summed E-state index contributed by atoms with van der Waals surface area (Å²) in [5, 5.41) is 34.6. The van der Waals surface area contributed by atoms with Crippen molar-refractivity contribution in [1.29, 1.82) is 0 Å². The molecule has 3 N–H and O–H groups in total. The zero-order chi connectivity index (χ0) is 40.6. The van der Waals surface area contributed by atoms with Crippen molar-refractivity contribution in [2.45, 2.75) is 160 Å². The Labute approximate surface area is 329 Å². The molecule has 0 unspecified atom stereocenters. The number of nitrogens with zero attached hydrogens (tertiary/aromatic N) is 1. The maximum atomic E-state index is 14.7. The molecule has 4 rings (SSSR count). The second-order valence-corrected chi connectivity index (χ2v) is 17.5. The number of Topliss-reactive ketones (excluding diaryl/α,β-unsaturated/α-hetero) is 1. The van der Waals surface area contributed by atoms with Gasteiger partial charge in [-0.15, -0.1) is 6.58 Å². The molecule has 0 aromatic heterocycles. The average Bonchev–Trinajstić information content (AvgIpc) is 3.16. The van der Waals surface area contributed by atoms with Crippen LogP contribution in [0.15, 0.2) is 36.0 Å². The van der Waals surface area contributed by atoms with Crippen molar-refractivity contribution < 1.29 is 48.7 Å². The molecule has 2 aliphatic carbocycles. The fourth-order valence-electron chi connectivity index (χ4n) is 9.96. The summed E-state index contributed by atoms with van der Waals surface area (Å²) in [7, 11) is 4.91. The molecule has 2 heterocycles. The summed E-state index contributed by atoms with van der Waals surface area (Å²) >= 11 is 0. The minimum Gasteiger partial charge on any atom is -0.456 e. The number of hydrogen-bond donors (Lipinski definition) is 3. The van der Waals surface area contributed by atoms with E-state index in [-0.39, 0.29) is 54.7 Å². The molecule has 55 heavy (non-hydrogen) atoms. The van der Waals surface area contributed by atoms with Crippen molar-refractivity contribution in [3.05, 3.63) is 36.0 Å². The summed E-state index contributed by atoms with van der Waals surface area (Å²) in [6.45, 7) is 13.9. The number of piperidine rings is 1. The summed E-state index contributed by atoms with van der Waals surface area (Å²) < 4.78 is 24.0. The number of amides is 1. The minimum absolute atomic E-state index is 0.0427. The fourth-order valence-corrected chi connectivity index (χ4v) is 9.96. The fraction of sp³-hybridized carbons (Fsp3) is 0.795. The monoisotopic (exact) mass is 774 g/mol. The molecule has 11 nitrogen and oxygen atoms in total. The Bertz CT molecular complexity index is 1380. The summed E-state index contributed by atoms with van der Waals surface area (Å²) in [4.78, 5) is 44.5. The molecule has 2 aliphatic heterocycles. The molecule has 1 amide bonds. The normalized spacial score (nSPS) is 41.8. The van der Waals surface area contributed by atoms with Crippen LogP contribution in [0.5, 0.6) is 0 Å². The first-order valence-corrected chi connectivity index (χ1v) is 20.8. The van der Waals surface area contributed by atoms with Crippen LogP contribution < -0.4 is 0 Å². The highest BCUT2D eigenvalue weighted by atomic mass is 16.5. The number of cyclic esters (lactones) is 1. The zero-order valence-electron chi connectivity index (χ0n) is 34.8. The summed E-state index contributed by atoms with van der Waals surface area (Å²) in [6, 6.07) is -0.922. The van der Waals surface area contributed by atoms with Gasteiger partial charge in [0.1, 0.15) is 23.5 Å². The van der Waals surface area contributed by atoms with E-state index in [2.05, 4.69) is 13.5 Å². The molecule has 0 aromatic carbocycles. The third-order valence-electron chi connectivity index (χ3n) is 13.3. The van der Waals surface area contributed by atoms with Crippen molar-refractivity contribution >= 4 is 17.7 Å². The number of ether oxygens (including phenoxy) is 4. The number of rotatable bonds is 7. The standard InChI is InChI=1S/C44H71NO10/c1-10-13-32-19-26(2)18-27(3)20-38(52-7)33-25-44(51,29(5)22-39(33)53-8)43(50)45-17-12-11-14-34(45)42(49)55-41(30(6)36(47)24-37(32)48)28(4)21-31-15-16-35(46)40(23-31)54-9/h10,19,21,27,29-36,38-41,46-47,51H,1,11-18,20,22-25H2,2-9H3/b26-19+,28-21+/t27-,29+,30+,31-,32+,33+,34-,35+,36-,38-,39-,40+,41+,44-/m0/s1. The topological polar surface area (TPSA) is 152 Å². The summed E-state index contributed by atoms with van der Waals surface area (Å²) in [6.07, 6.45) is 8.23. The first-order chi connectivity index (χ1) is 26.1. The van der Waals surface area contributed by atoms with E-state index >= 15 is 0 Å².